The molecule has 0 amide bonds. The third-order valence-corrected chi connectivity index (χ3v) is 5.99. The summed E-state index contributed by atoms with van der Waals surface area (Å²) in [6.07, 6.45) is 1.79. The molecule has 0 aromatic heterocycles. The Kier molecular flexibility index (Phi) is 3.05. The zero-order valence-corrected chi connectivity index (χ0v) is 14.1. The quantitative estimate of drug-likeness (QED) is 0.826. The van der Waals surface area contributed by atoms with Gasteiger partial charge >= 0.3 is 0 Å². The summed E-state index contributed by atoms with van der Waals surface area (Å²) in [7, 11) is 0. The molecule has 2 N–H and O–H groups in total. The van der Waals surface area contributed by atoms with Gasteiger partial charge in [-0.1, -0.05) is 12.1 Å². The number of hydrogen-bond acceptors (Lipinski definition) is 7. The van der Waals surface area contributed by atoms with Crippen LogP contribution >= 0.6 is 11.8 Å². The molecular weight excluding hydrogens is 324 g/mol. The number of amidine groups is 1. The third kappa shape index (κ3) is 1.46. The van der Waals surface area contributed by atoms with E-state index in [1.807, 2.05) is 37.4 Å². The summed E-state index contributed by atoms with van der Waals surface area (Å²) in [6.45, 7) is 2.17. The van der Waals surface area contributed by atoms with Gasteiger partial charge < -0.3 is 15.2 Å². The highest BCUT2D eigenvalue weighted by molar-refractivity contribution is 7.98. The van der Waals surface area contributed by atoms with E-state index in [2.05, 4.69) is 17.1 Å². The largest absolute Gasteiger partial charge is 0.386 e. The average Bonchev–Trinajstić information content (AvgIpc) is 2.99. The maximum absolute atomic E-state index is 10.0. The van der Waals surface area contributed by atoms with Gasteiger partial charge in [-0.3, -0.25) is 0 Å². The van der Waals surface area contributed by atoms with E-state index in [0.29, 0.717) is 6.61 Å². The topological polar surface area (TPSA) is 104 Å². The molecule has 1 aliphatic carbocycles. The molecule has 5 atom stereocenters. The average molecular weight is 340 g/mol. The van der Waals surface area contributed by atoms with Crippen molar-refractivity contribution in [1.29, 1.82) is 10.5 Å². The molecule has 1 saturated carbocycles. The molecule has 2 fully saturated rings. The fraction of sp³-hybridized carbons (Fsp3) is 0.471. The van der Waals surface area contributed by atoms with E-state index in [4.69, 9.17) is 15.2 Å². The van der Waals surface area contributed by atoms with Crippen LogP contribution in [0.1, 0.15) is 18.4 Å². The molecule has 6 nitrogen and oxygen atoms in total. The second-order valence-corrected chi connectivity index (χ2v) is 7.24. The van der Waals surface area contributed by atoms with E-state index in [-0.39, 0.29) is 11.9 Å². The first kappa shape index (κ1) is 15.5. The Morgan fingerprint density at radius 1 is 1.29 bits per heavy atom. The van der Waals surface area contributed by atoms with Gasteiger partial charge in [0.2, 0.25) is 0 Å². The number of nitrogens with two attached hydrogens (primary N) is 1. The maximum Gasteiger partial charge on any atom is 0.293 e. The number of rotatable bonds is 2. The molecule has 24 heavy (non-hydrogen) atoms. The Hall–Kier alpha value is -2.06. The van der Waals surface area contributed by atoms with Crippen molar-refractivity contribution in [3.63, 3.8) is 0 Å². The first-order valence-electron chi connectivity index (χ1n) is 7.65. The van der Waals surface area contributed by atoms with Gasteiger partial charge in [-0.05, 0) is 30.9 Å². The lowest BCUT2D eigenvalue weighted by Crippen LogP contribution is -2.39. The number of aliphatic imine (C=N–C) groups is 1. The number of nitrogens with zero attached hydrogens (tertiary/aromatic N) is 3. The van der Waals surface area contributed by atoms with Gasteiger partial charge in [-0.25, -0.2) is 4.99 Å². The van der Waals surface area contributed by atoms with Gasteiger partial charge in [0.05, 0.1) is 24.8 Å². The molecular formula is C17H16N4O2S. The van der Waals surface area contributed by atoms with E-state index in [9.17, 15) is 10.5 Å². The van der Waals surface area contributed by atoms with Crippen LogP contribution in [0.5, 0.6) is 0 Å². The fourth-order valence-corrected chi connectivity index (χ4v) is 4.57. The number of hydrogen-bond donors (Lipinski definition) is 1. The summed E-state index contributed by atoms with van der Waals surface area (Å²) in [5.74, 6) is -1.78. The molecule has 5 unspecified atom stereocenters. The predicted molar refractivity (Wildman–Crippen MR) is 87.9 cm³/mol. The van der Waals surface area contributed by atoms with Crippen molar-refractivity contribution in [2.24, 2.45) is 21.6 Å². The third-order valence-electron chi connectivity index (χ3n) is 5.25. The van der Waals surface area contributed by atoms with Crippen LogP contribution in [0.15, 0.2) is 34.2 Å². The highest BCUT2D eigenvalue weighted by Crippen LogP contribution is 2.82. The van der Waals surface area contributed by atoms with Crippen molar-refractivity contribution >= 4 is 17.6 Å². The summed E-state index contributed by atoms with van der Waals surface area (Å²) in [6, 6.07) is 12.4. The van der Waals surface area contributed by atoms with Crippen LogP contribution in [0, 0.1) is 33.5 Å². The van der Waals surface area contributed by atoms with Gasteiger partial charge in [0.25, 0.3) is 5.91 Å². The van der Waals surface area contributed by atoms with Crippen molar-refractivity contribution in [2.75, 3.05) is 12.9 Å². The lowest BCUT2D eigenvalue weighted by Gasteiger charge is -2.26. The van der Waals surface area contributed by atoms with Crippen LogP contribution in [0.2, 0.25) is 0 Å². The lowest BCUT2D eigenvalue weighted by atomic mass is 9.94. The van der Waals surface area contributed by atoms with E-state index in [1.54, 1.807) is 11.8 Å². The first-order valence-corrected chi connectivity index (χ1v) is 8.88. The number of fused-ring (bicyclic) bond motifs is 2. The van der Waals surface area contributed by atoms with Crippen molar-refractivity contribution in [3.05, 3.63) is 29.8 Å². The molecule has 1 saturated heterocycles. The van der Waals surface area contributed by atoms with Crippen LogP contribution < -0.4 is 5.73 Å². The van der Waals surface area contributed by atoms with E-state index >= 15 is 0 Å². The van der Waals surface area contributed by atoms with E-state index in [0.717, 1.165) is 10.5 Å². The molecule has 0 bridgehead atoms. The fourth-order valence-electron chi connectivity index (χ4n) is 4.16. The Labute approximate surface area is 144 Å². The molecule has 122 valence electrons. The van der Waals surface area contributed by atoms with Crippen LogP contribution in [-0.4, -0.2) is 30.7 Å². The van der Waals surface area contributed by atoms with Gasteiger partial charge in [0.15, 0.2) is 5.41 Å². The molecule has 2 aliphatic heterocycles. The van der Waals surface area contributed by atoms with Crippen molar-refractivity contribution in [3.8, 4) is 12.1 Å². The van der Waals surface area contributed by atoms with Crippen LogP contribution in [0.3, 0.4) is 0 Å². The van der Waals surface area contributed by atoms with Gasteiger partial charge in [-0.2, -0.15) is 10.5 Å². The monoisotopic (exact) mass is 340 g/mol. The minimum Gasteiger partial charge on any atom is -0.386 e. The van der Waals surface area contributed by atoms with Gasteiger partial charge in [-0.15, -0.1) is 11.8 Å². The Balaban J connectivity index is 1.87. The second-order valence-electron chi connectivity index (χ2n) is 6.36. The SMILES string of the molecule is CSc1ccc(C2C3(C#N)C(N)=NC4(OCC(C)O4)C23C#N)cc1. The molecule has 0 radical (unpaired) electrons. The Bertz CT molecular complexity index is 826. The summed E-state index contributed by atoms with van der Waals surface area (Å²) < 4.78 is 11.7. The minimum absolute atomic E-state index is 0.125. The minimum atomic E-state index is -1.48. The molecule has 4 rings (SSSR count). The van der Waals surface area contributed by atoms with Crippen molar-refractivity contribution in [1.82, 2.24) is 0 Å². The number of thioether (sulfide) groups is 1. The molecule has 3 aliphatic rings. The van der Waals surface area contributed by atoms with Gasteiger partial charge in [0, 0.05) is 10.8 Å². The zero-order valence-electron chi connectivity index (χ0n) is 13.3. The summed E-state index contributed by atoms with van der Waals surface area (Å²) in [5, 5.41) is 19.9. The first-order chi connectivity index (χ1) is 11.5. The normalized spacial score (nSPS) is 42.2. The highest BCUT2D eigenvalue weighted by atomic mass is 32.2. The van der Waals surface area contributed by atoms with Crippen LogP contribution in [0.25, 0.3) is 0 Å². The number of nitriles is 2. The van der Waals surface area contributed by atoms with E-state index < -0.39 is 22.7 Å². The number of benzene rings is 1. The van der Waals surface area contributed by atoms with Crippen LogP contribution in [0.4, 0.5) is 0 Å². The maximum atomic E-state index is 10.0. The van der Waals surface area contributed by atoms with Crippen molar-refractivity contribution < 1.29 is 9.47 Å². The smallest absolute Gasteiger partial charge is 0.293 e. The molecule has 2 heterocycles. The van der Waals surface area contributed by atoms with Crippen LogP contribution in [-0.2, 0) is 9.47 Å². The Morgan fingerprint density at radius 3 is 2.50 bits per heavy atom. The lowest BCUT2D eigenvalue weighted by molar-refractivity contribution is -0.193. The molecule has 1 aromatic carbocycles. The van der Waals surface area contributed by atoms with E-state index in [1.165, 1.54) is 0 Å². The zero-order chi connectivity index (χ0) is 17.2. The molecule has 1 spiro atoms. The summed E-state index contributed by atoms with van der Waals surface area (Å²) >= 11 is 1.63. The number of ether oxygens (including phenoxy) is 2. The predicted octanol–water partition coefficient (Wildman–Crippen LogP) is 1.99. The highest BCUT2D eigenvalue weighted by Gasteiger charge is 2.94. The molecule has 7 heteroatoms. The molecule has 1 aromatic rings. The Morgan fingerprint density at radius 2 is 2.00 bits per heavy atom. The summed E-state index contributed by atoms with van der Waals surface area (Å²) in [4.78, 5) is 5.41. The van der Waals surface area contributed by atoms with Gasteiger partial charge in [0.1, 0.15) is 11.3 Å². The second kappa shape index (κ2) is 4.73. The van der Waals surface area contributed by atoms with Crippen molar-refractivity contribution in [2.45, 2.75) is 29.8 Å². The standard InChI is InChI=1S/C17H16N4O2S/c1-10-7-22-17(23-10)16(9-19)13(15(16,8-18)14(20)21-17)11-3-5-12(24-2)6-4-11/h3-6,10,13H,7H2,1-2H3,(H2,20,21). The summed E-state index contributed by atoms with van der Waals surface area (Å²) in [5.41, 5.74) is 4.55.